The van der Waals surface area contributed by atoms with Crippen LogP contribution in [0.15, 0.2) is 48.5 Å². The molecule has 1 heterocycles. The van der Waals surface area contributed by atoms with Crippen molar-refractivity contribution in [1.29, 1.82) is 0 Å². The number of amides is 1. The van der Waals surface area contributed by atoms with E-state index in [9.17, 15) is 18.4 Å². The van der Waals surface area contributed by atoms with Gasteiger partial charge in [-0.3, -0.25) is 4.79 Å². The van der Waals surface area contributed by atoms with Crippen molar-refractivity contribution in [1.82, 2.24) is 0 Å². The van der Waals surface area contributed by atoms with E-state index >= 15 is 0 Å². The zero-order valence-corrected chi connectivity index (χ0v) is 15.3. The molecule has 138 valence electrons. The predicted octanol–water partition coefficient (Wildman–Crippen LogP) is 5.04. The molecule has 0 radical (unpaired) electrons. The van der Waals surface area contributed by atoms with Crippen molar-refractivity contribution in [3.8, 4) is 10.4 Å². The lowest BCUT2D eigenvalue weighted by molar-refractivity contribution is 0.0600. The molecule has 1 amide bonds. The van der Waals surface area contributed by atoms with Crippen LogP contribution in [0.2, 0.25) is 0 Å². The van der Waals surface area contributed by atoms with E-state index in [1.807, 2.05) is 6.92 Å². The Bertz CT molecular complexity index is 1010. The summed E-state index contributed by atoms with van der Waals surface area (Å²) < 4.78 is 32.2. The highest BCUT2D eigenvalue weighted by Gasteiger charge is 2.18. The summed E-state index contributed by atoms with van der Waals surface area (Å²) in [7, 11) is 1.31. The van der Waals surface area contributed by atoms with Crippen molar-refractivity contribution in [2.75, 3.05) is 12.4 Å². The number of hydrogen-bond acceptors (Lipinski definition) is 4. The van der Waals surface area contributed by atoms with Gasteiger partial charge in [0.1, 0.15) is 17.2 Å². The van der Waals surface area contributed by atoms with Crippen molar-refractivity contribution in [3.63, 3.8) is 0 Å². The average molecular weight is 387 g/mol. The number of anilines is 1. The molecule has 2 aromatic carbocycles. The van der Waals surface area contributed by atoms with E-state index in [-0.39, 0.29) is 0 Å². The third-order valence-electron chi connectivity index (χ3n) is 3.96. The molecule has 3 aromatic rings. The van der Waals surface area contributed by atoms with Crippen molar-refractivity contribution in [2.45, 2.75) is 6.92 Å². The lowest BCUT2D eigenvalue weighted by Crippen LogP contribution is -2.14. The fraction of sp³-hybridized carbons (Fsp3) is 0.100. The molecule has 0 saturated heterocycles. The monoisotopic (exact) mass is 387 g/mol. The maximum Gasteiger partial charge on any atom is 0.337 e. The van der Waals surface area contributed by atoms with Gasteiger partial charge in [-0.2, -0.15) is 0 Å². The molecule has 1 aromatic heterocycles. The molecule has 27 heavy (non-hydrogen) atoms. The van der Waals surface area contributed by atoms with Gasteiger partial charge in [-0.1, -0.05) is 12.1 Å². The van der Waals surface area contributed by atoms with Crippen LogP contribution in [0.1, 0.15) is 26.3 Å². The molecule has 0 bridgehead atoms. The smallest absolute Gasteiger partial charge is 0.337 e. The number of halogens is 2. The van der Waals surface area contributed by atoms with Crippen molar-refractivity contribution < 1.29 is 23.1 Å². The molecule has 7 heteroatoms. The summed E-state index contributed by atoms with van der Waals surface area (Å²) in [6.07, 6.45) is 0. The van der Waals surface area contributed by atoms with Crippen molar-refractivity contribution in [3.05, 3.63) is 76.9 Å². The third kappa shape index (κ3) is 3.88. The Hall–Kier alpha value is -3.06. The first-order valence-electron chi connectivity index (χ1n) is 7.95. The molecule has 0 aliphatic rings. The van der Waals surface area contributed by atoms with Gasteiger partial charge < -0.3 is 10.1 Å². The molecule has 0 atom stereocenters. The SMILES string of the molecule is COC(=O)c1ccc(C)c(-c2ccc(NC(=O)c3c(F)cccc3F)s2)c1. The van der Waals surface area contributed by atoms with Gasteiger partial charge in [-0.15, -0.1) is 11.3 Å². The first-order chi connectivity index (χ1) is 12.9. The minimum absolute atomic E-state index is 0.408. The molecule has 0 aliphatic heterocycles. The molecule has 0 fully saturated rings. The minimum atomic E-state index is -0.925. The molecule has 0 saturated carbocycles. The zero-order valence-electron chi connectivity index (χ0n) is 14.5. The Balaban J connectivity index is 1.87. The van der Waals surface area contributed by atoms with Gasteiger partial charge in [0.2, 0.25) is 0 Å². The Morgan fingerprint density at radius 1 is 1.04 bits per heavy atom. The Morgan fingerprint density at radius 2 is 1.74 bits per heavy atom. The number of ether oxygens (including phenoxy) is 1. The van der Waals surface area contributed by atoms with Crippen molar-refractivity contribution >= 4 is 28.2 Å². The van der Waals surface area contributed by atoms with Gasteiger partial charge in [0.05, 0.1) is 17.7 Å². The number of esters is 1. The van der Waals surface area contributed by atoms with Gasteiger partial charge in [0.25, 0.3) is 5.91 Å². The van der Waals surface area contributed by atoms with E-state index in [1.165, 1.54) is 24.5 Å². The third-order valence-corrected chi connectivity index (χ3v) is 4.99. The standard InChI is InChI=1S/C20H15F2NO3S/c1-11-6-7-12(20(25)26-2)10-13(11)16-8-9-17(27-16)23-19(24)18-14(21)4-3-5-15(18)22/h3-10H,1-2H3,(H,23,24). The van der Waals surface area contributed by atoms with Crippen LogP contribution in [0.25, 0.3) is 10.4 Å². The molecule has 3 rings (SSSR count). The fourth-order valence-corrected chi connectivity index (χ4v) is 3.55. The largest absolute Gasteiger partial charge is 0.465 e. The van der Waals surface area contributed by atoms with E-state index in [1.54, 1.807) is 30.3 Å². The van der Waals surface area contributed by atoms with Crippen LogP contribution in [0, 0.1) is 18.6 Å². The van der Waals surface area contributed by atoms with Crippen LogP contribution >= 0.6 is 11.3 Å². The summed E-state index contributed by atoms with van der Waals surface area (Å²) in [5.74, 6) is -3.16. The topological polar surface area (TPSA) is 55.4 Å². The molecular weight excluding hydrogens is 372 g/mol. The minimum Gasteiger partial charge on any atom is -0.465 e. The number of benzene rings is 2. The molecular formula is C20H15F2NO3S. The second-order valence-corrected chi connectivity index (χ2v) is 6.82. The first kappa shape index (κ1) is 18.7. The van der Waals surface area contributed by atoms with Crippen LogP contribution in [0.4, 0.5) is 13.8 Å². The number of nitrogens with one attached hydrogen (secondary N) is 1. The quantitative estimate of drug-likeness (QED) is 0.638. The van der Waals surface area contributed by atoms with Crippen LogP contribution in [0.5, 0.6) is 0 Å². The highest BCUT2D eigenvalue weighted by atomic mass is 32.1. The number of carbonyl (C=O) groups is 2. The molecule has 4 nitrogen and oxygen atoms in total. The van der Waals surface area contributed by atoms with E-state index < -0.39 is 29.1 Å². The lowest BCUT2D eigenvalue weighted by atomic mass is 10.0. The van der Waals surface area contributed by atoms with E-state index in [0.717, 1.165) is 28.1 Å². The Morgan fingerprint density at radius 3 is 2.41 bits per heavy atom. The number of rotatable bonds is 4. The van der Waals surface area contributed by atoms with Crippen LogP contribution in [0.3, 0.4) is 0 Å². The maximum absolute atomic E-state index is 13.7. The summed E-state index contributed by atoms with van der Waals surface area (Å²) in [6.45, 7) is 1.89. The normalized spacial score (nSPS) is 10.5. The molecule has 1 N–H and O–H groups in total. The Labute approximate surface area is 158 Å². The fourth-order valence-electron chi connectivity index (χ4n) is 2.57. The zero-order chi connectivity index (χ0) is 19.6. The number of hydrogen-bond donors (Lipinski definition) is 1. The summed E-state index contributed by atoms with van der Waals surface area (Å²) in [5, 5.41) is 2.94. The van der Waals surface area contributed by atoms with Crippen LogP contribution < -0.4 is 5.32 Å². The molecule has 0 unspecified atom stereocenters. The lowest BCUT2D eigenvalue weighted by Gasteiger charge is -2.07. The summed E-state index contributed by atoms with van der Waals surface area (Å²) in [6, 6.07) is 11.8. The van der Waals surface area contributed by atoms with Gasteiger partial charge in [-0.25, -0.2) is 13.6 Å². The van der Waals surface area contributed by atoms with Gasteiger partial charge >= 0.3 is 5.97 Å². The number of thiophene rings is 1. The molecule has 0 spiro atoms. The summed E-state index contributed by atoms with van der Waals surface area (Å²) >= 11 is 1.23. The van der Waals surface area contributed by atoms with E-state index in [4.69, 9.17) is 4.74 Å². The van der Waals surface area contributed by atoms with Crippen molar-refractivity contribution in [2.24, 2.45) is 0 Å². The predicted molar refractivity (Wildman–Crippen MR) is 100 cm³/mol. The number of aryl methyl sites for hydroxylation is 1. The second kappa shape index (κ2) is 7.67. The van der Waals surface area contributed by atoms with Crippen LogP contribution in [-0.2, 0) is 4.74 Å². The van der Waals surface area contributed by atoms with Gasteiger partial charge in [0, 0.05) is 4.88 Å². The molecule has 0 aliphatic carbocycles. The highest BCUT2D eigenvalue weighted by Crippen LogP contribution is 2.34. The number of methoxy groups -OCH3 is 1. The van der Waals surface area contributed by atoms with Gasteiger partial charge in [-0.05, 0) is 54.4 Å². The summed E-state index contributed by atoms with van der Waals surface area (Å²) in [5.41, 5.74) is 1.52. The maximum atomic E-state index is 13.7. The van der Waals surface area contributed by atoms with E-state index in [2.05, 4.69) is 5.32 Å². The second-order valence-electron chi connectivity index (χ2n) is 5.74. The highest BCUT2D eigenvalue weighted by molar-refractivity contribution is 7.19. The summed E-state index contributed by atoms with van der Waals surface area (Å²) in [4.78, 5) is 24.7. The average Bonchev–Trinajstić information content (AvgIpc) is 3.09. The first-order valence-corrected chi connectivity index (χ1v) is 8.77. The van der Waals surface area contributed by atoms with E-state index in [0.29, 0.717) is 10.6 Å². The number of carbonyl (C=O) groups excluding carboxylic acids is 2. The Kier molecular flexibility index (Phi) is 5.32. The van der Waals surface area contributed by atoms with Gasteiger partial charge in [0.15, 0.2) is 0 Å². The van der Waals surface area contributed by atoms with Crippen LogP contribution in [-0.4, -0.2) is 19.0 Å².